The van der Waals surface area contributed by atoms with Gasteiger partial charge in [-0.05, 0) is 36.8 Å². The summed E-state index contributed by atoms with van der Waals surface area (Å²) < 4.78 is 12.9. The molecule has 0 saturated heterocycles. The summed E-state index contributed by atoms with van der Waals surface area (Å²) in [6.45, 7) is 2.54. The molecule has 2 N–H and O–H groups in total. The number of carbonyl (C=O) groups is 1. The topological polar surface area (TPSA) is 90.3 Å². The van der Waals surface area contributed by atoms with Crippen LogP contribution in [0.15, 0.2) is 84.0 Å². The molecule has 2 atom stereocenters. The monoisotopic (exact) mass is 487 g/mol. The highest BCUT2D eigenvalue weighted by Gasteiger charge is 2.38. The highest BCUT2D eigenvalue weighted by Crippen LogP contribution is 2.39. The quantitative estimate of drug-likeness (QED) is 0.389. The van der Waals surface area contributed by atoms with Gasteiger partial charge in [-0.15, -0.1) is 10.2 Å². The van der Waals surface area contributed by atoms with Gasteiger partial charge in [0.25, 0.3) is 0 Å². The van der Waals surface area contributed by atoms with Crippen LogP contribution in [0.3, 0.4) is 0 Å². The van der Waals surface area contributed by atoms with Gasteiger partial charge in [0.1, 0.15) is 16.7 Å². The molecule has 0 aliphatic carbocycles. The van der Waals surface area contributed by atoms with Gasteiger partial charge in [0.05, 0.1) is 25.4 Å². The van der Waals surface area contributed by atoms with Crippen molar-refractivity contribution < 1.29 is 14.3 Å². The maximum absolute atomic E-state index is 13.6. The number of rotatable bonds is 7. The molecule has 2 heterocycles. The van der Waals surface area contributed by atoms with Gasteiger partial charge in [-0.2, -0.15) is 0 Å². The SMILES string of the molecule is CCOc1ccc(C2Nn3c(nnc3-c3ccccc3)SC2C(=O)Nc2ccccc2OC)cc1. The highest BCUT2D eigenvalue weighted by molar-refractivity contribution is 8.00. The normalized spacial score (nSPS) is 16.6. The lowest BCUT2D eigenvalue weighted by Crippen LogP contribution is -2.41. The first-order valence-corrected chi connectivity index (χ1v) is 12.2. The Balaban J connectivity index is 1.50. The Hall–Kier alpha value is -3.98. The van der Waals surface area contributed by atoms with E-state index < -0.39 is 5.25 Å². The fraction of sp³-hybridized carbons (Fsp3) is 0.192. The lowest BCUT2D eigenvalue weighted by Gasteiger charge is -2.33. The molecule has 0 bridgehead atoms. The zero-order chi connectivity index (χ0) is 24.2. The molecule has 1 aromatic heterocycles. The van der Waals surface area contributed by atoms with Gasteiger partial charge in [0.15, 0.2) is 5.82 Å². The lowest BCUT2D eigenvalue weighted by molar-refractivity contribution is -0.116. The summed E-state index contributed by atoms with van der Waals surface area (Å²) in [5.74, 6) is 1.90. The van der Waals surface area contributed by atoms with Gasteiger partial charge in [0, 0.05) is 5.56 Å². The van der Waals surface area contributed by atoms with Crippen LogP contribution in [0.25, 0.3) is 11.4 Å². The molecule has 0 spiro atoms. The number of fused-ring (bicyclic) bond motifs is 1. The van der Waals surface area contributed by atoms with Crippen molar-refractivity contribution in [2.45, 2.75) is 23.4 Å². The Morgan fingerprint density at radius 1 is 1.03 bits per heavy atom. The van der Waals surface area contributed by atoms with E-state index in [1.807, 2.05) is 90.5 Å². The molecule has 2 unspecified atom stereocenters. The smallest absolute Gasteiger partial charge is 0.240 e. The number of aromatic nitrogens is 3. The summed E-state index contributed by atoms with van der Waals surface area (Å²) >= 11 is 1.37. The number of carbonyl (C=O) groups excluding carboxylic acids is 1. The summed E-state index contributed by atoms with van der Waals surface area (Å²) in [6, 6.07) is 24.6. The molecular formula is C26H25N5O3S. The van der Waals surface area contributed by atoms with Crippen LogP contribution >= 0.6 is 11.8 Å². The molecule has 5 rings (SSSR count). The van der Waals surface area contributed by atoms with Crippen molar-refractivity contribution in [3.63, 3.8) is 0 Å². The predicted octanol–water partition coefficient (Wildman–Crippen LogP) is 4.75. The average Bonchev–Trinajstić information content (AvgIpc) is 3.32. The van der Waals surface area contributed by atoms with Gasteiger partial charge in [-0.3, -0.25) is 4.79 Å². The summed E-state index contributed by atoms with van der Waals surface area (Å²) in [6.07, 6.45) is 0. The zero-order valence-electron chi connectivity index (χ0n) is 19.3. The van der Waals surface area contributed by atoms with Gasteiger partial charge < -0.3 is 20.2 Å². The number of methoxy groups -OCH3 is 1. The molecule has 178 valence electrons. The fourth-order valence-corrected chi connectivity index (χ4v) is 5.05. The standard InChI is InChI=1S/C26H25N5O3S/c1-3-34-19-15-13-17(14-16-19)22-23(25(32)27-20-11-7-8-12-21(20)33-2)35-26-29-28-24(31(26)30-22)18-9-5-4-6-10-18/h4-16,22-23,30H,3H2,1-2H3,(H,27,32). The third kappa shape index (κ3) is 4.67. The van der Waals surface area contributed by atoms with E-state index in [-0.39, 0.29) is 11.9 Å². The minimum Gasteiger partial charge on any atom is -0.495 e. The maximum atomic E-state index is 13.6. The molecule has 3 aromatic carbocycles. The van der Waals surface area contributed by atoms with Crippen LogP contribution in [-0.2, 0) is 4.79 Å². The minimum absolute atomic E-state index is 0.165. The Bertz CT molecular complexity index is 1310. The predicted molar refractivity (Wildman–Crippen MR) is 136 cm³/mol. The molecule has 0 fully saturated rings. The first kappa shape index (κ1) is 22.8. The van der Waals surface area contributed by atoms with Crippen LogP contribution in [0, 0.1) is 0 Å². The number of ether oxygens (including phenoxy) is 2. The second kappa shape index (κ2) is 10.1. The molecule has 8 nitrogen and oxygen atoms in total. The highest BCUT2D eigenvalue weighted by atomic mass is 32.2. The first-order valence-electron chi connectivity index (χ1n) is 11.3. The molecule has 35 heavy (non-hydrogen) atoms. The van der Waals surface area contributed by atoms with E-state index in [2.05, 4.69) is 20.9 Å². The number of hydrogen-bond acceptors (Lipinski definition) is 7. The van der Waals surface area contributed by atoms with E-state index in [0.717, 1.165) is 16.9 Å². The first-order chi connectivity index (χ1) is 17.2. The van der Waals surface area contributed by atoms with Crippen molar-refractivity contribution in [1.82, 2.24) is 14.9 Å². The van der Waals surface area contributed by atoms with E-state index in [9.17, 15) is 4.79 Å². The van der Waals surface area contributed by atoms with E-state index in [4.69, 9.17) is 9.47 Å². The largest absolute Gasteiger partial charge is 0.495 e. The summed E-state index contributed by atoms with van der Waals surface area (Å²) in [7, 11) is 1.58. The molecular weight excluding hydrogens is 462 g/mol. The maximum Gasteiger partial charge on any atom is 0.240 e. The van der Waals surface area contributed by atoms with Gasteiger partial charge in [0.2, 0.25) is 11.1 Å². The van der Waals surface area contributed by atoms with Crippen LogP contribution in [0.5, 0.6) is 11.5 Å². The number of para-hydroxylation sites is 2. The number of amides is 1. The third-order valence-electron chi connectivity index (χ3n) is 5.64. The van der Waals surface area contributed by atoms with Crippen molar-refractivity contribution in [2.75, 3.05) is 24.5 Å². The lowest BCUT2D eigenvalue weighted by atomic mass is 10.0. The van der Waals surface area contributed by atoms with Crippen LogP contribution in [0.4, 0.5) is 5.69 Å². The molecule has 1 amide bonds. The van der Waals surface area contributed by atoms with Crippen LogP contribution in [0.1, 0.15) is 18.5 Å². The van der Waals surface area contributed by atoms with Crippen molar-refractivity contribution >= 4 is 23.4 Å². The third-order valence-corrected chi connectivity index (χ3v) is 6.86. The zero-order valence-corrected chi connectivity index (χ0v) is 20.2. The van der Waals surface area contributed by atoms with Crippen molar-refractivity contribution in [3.05, 3.63) is 84.4 Å². The number of thioether (sulfide) groups is 1. The van der Waals surface area contributed by atoms with Crippen molar-refractivity contribution in [1.29, 1.82) is 0 Å². The molecule has 0 saturated carbocycles. The van der Waals surface area contributed by atoms with Gasteiger partial charge in [-0.25, -0.2) is 4.68 Å². The molecule has 1 aliphatic rings. The Labute approximate surface area is 207 Å². The fourth-order valence-electron chi connectivity index (χ4n) is 3.97. The van der Waals surface area contributed by atoms with E-state index in [1.165, 1.54) is 11.8 Å². The second-order valence-electron chi connectivity index (χ2n) is 7.84. The van der Waals surface area contributed by atoms with E-state index >= 15 is 0 Å². The Kier molecular flexibility index (Phi) is 6.58. The van der Waals surface area contributed by atoms with Gasteiger partial charge >= 0.3 is 0 Å². The van der Waals surface area contributed by atoms with Crippen molar-refractivity contribution in [3.8, 4) is 22.9 Å². The van der Waals surface area contributed by atoms with Crippen LogP contribution in [-0.4, -0.2) is 39.7 Å². The van der Waals surface area contributed by atoms with E-state index in [1.54, 1.807) is 7.11 Å². The minimum atomic E-state index is -0.516. The average molecular weight is 488 g/mol. The summed E-state index contributed by atoms with van der Waals surface area (Å²) in [5, 5.41) is 11.9. The Morgan fingerprint density at radius 3 is 2.51 bits per heavy atom. The number of benzene rings is 3. The number of hydrogen-bond donors (Lipinski definition) is 2. The molecule has 4 aromatic rings. The number of anilines is 1. The second-order valence-corrected chi connectivity index (χ2v) is 8.95. The molecule has 1 aliphatic heterocycles. The Morgan fingerprint density at radius 2 is 1.77 bits per heavy atom. The van der Waals surface area contributed by atoms with Crippen LogP contribution < -0.4 is 20.2 Å². The van der Waals surface area contributed by atoms with Crippen LogP contribution in [0.2, 0.25) is 0 Å². The summed E-state index contributed by atoms with van der Waals surface area (Å²) in [5.41, 5.74) is 5.99. The number of nitrogens with zero attached hydrogens (tertiary/aromatic N) is 3. The number of nitrogens with one attached hydrogen (secondary N) is 2. The molecule has 9 heteroatoms. The molecule has 0 radical (unpaired) electrons. The van der Waals surface area contributed by atoms with E-state index in [0.29, 0.717) is 29.0 Å². The van der Waals surface area contributed by atoms with Crippen molar-refractivity contribution in [2.24, 2.45) is 0 Å². The van der Waals surface area contributed by atoms with Gasteiger partial charge in [-0.1, -0.05) is 66.4 Å². The summed E-state index contributed by atoms with van der Waals surface area (Å²) in [4.78, 5) is 13.6.